The smallest absolute Gasteiger partial charge is 0.138 e. The monoisotopic (exact) mass is 318 g/mol. The number of aryl methyl sites for hydroxylation is 2. The molecule has 1 N–H and O–H groups in total. The molecule has 2 atom stereocenters. The van der Waals surface area contributed by atoms with Crippen LogP contribution in [0.5, 0.6) is 0 Å². The maximum absolute atomic E-state index is 4.48. The average molecular weight is 318 g/mol. The number of aromatic nitrogens is 2. The van der Waals surface area contributed by atoms with Gasteiger partial charge in [0.05, 0.1) is 5.39 Å². The van der Waals surface area contributed by atoms with Gasteiger partial charge in [0.15, 0.2) is 0 Å². The molecule has 0 spiro atoms. The predicted octanol–water partition coefficient (Wildman–Crippen LogP) is 3.84. The highest BCUT2D eigenvalue weighted by Crippen LogP contribution is 2.32. The third kappa shape index (κ3) is 3.10. The van der Waals surface area contributed by atoms with Gasteiger partial charge in [0.2, 0.25) is 0 Å². The van der Waals surface area contributed by atoms with Crippen LogP contribution in [0.15, 0.2) is 6.33 Å². The first-order valence-corrected chi connectivity index (χ1v) is 9.06. The lowest BCUT2D eigenvalue weighted by molar-refractivity contribution is 0.144. The van der Waals surface area contributed by atoms with Crippen LogP contribution in [-0.2, 0) is 0 Å². The van der Waals surface area contributed by atoms with E-state index in [1.54, 1.807) is 17.7 Å². The molecule has 0 radical (unpaired) electrons. The molecule has 0 unspecified atom stereocenters. The quantitative estimate of drug-likeness (QED) is 0.930. The summed E-state index contributed by atoms with van der Waals surface area (Å²) in [6.45, 7) is 12.4. The van der Waals surface area contributed by atoms with Gasteiger partial charge in [-0.25, -0.2) is 9.97 Å². The number of anilines is 1. The van der Waals surface area contributed by atoms with Crippen molar-refractivity contribution in [3.63, 3.8) is 0 Å². The summed E-state index contributed by atoms with van der Waals surface area (Å²) in [6, 6.07) is 0.535. The highest BCUT2D eigenvalue weighted by molar-refractivity contribution is 7.18. The molecule has 4 nitrogen and oxygen atoms in total. The molecule has 0 bridgehead atoms. The summed E-state index contributed by atoms with van der Waals surface area (Å²) < 4.78 is 0. The zero-order chi connectivity index (χ0) is 15.7. The first-order valence-electron chi connectivity index (χ1n) is 8.25. The van der Waals surface area contributed by atoms with Gasteiger partial charge in [-0.1, -0.05) is 6.92 Å². The van der Waals surface area contributed by atoms with E-state index in [4.69, 9.17) is 0 Å². The topological polar surface area (TPSA) is 41.1 Å². The molecule has 2 aromatic rings. The molecule has 2 aromatic heterocycles. The van der Waals surface area contributed by atoms with Gasteiger partial charge in [-0.05, 0) is 51.6 Å². The molecular weight excluding hydrogens is 292 g/mol. The number of likely N-dealkylation sites (tertiary alicyclic amines) is 1. The Labute approximate surface area is 137 Å². The highest BCUT2D eigenvalue weighted by Gasteiger charge is 2.21. The predicted molar refractivity (Wildman–Crippen MR) is 94.8 cm³/mol. The molecule has 3 heterocycles. The molecule has 0 saturated carbocycles. The molecule has 1 aliphatic heterocycles. The fourth-order valence-electron chi connectivity index (χ4n) is 3.32. The Morgan fingerprint density at radius 3 is 3.00 bits per heavy atom. The minimum absolute atomic E-state index is 0.535. The van der Waals surface area contributed by atoms with Crippen molar-refractivity contribution in [1.29, 1.82) is 0 Å². The summed E-state index contributed by atoms with van der Waals surface area (Å²) in [7, 11) is 0. The second-order valence-corrected chi connectivity index (χ2v) is 7.86. The van der Waals surface area contributed by atoms with Crippen LogP contribution < -0.4 is 5.32 Å². The molecule has 0 aliphatic carbocycles. The minimum atomic E-state index is 0.535. The number of rotatable bonds is 4. The van der Waals surface area contributed by atoms with Crippen LogP contribution in [0.1, 0.15) is 37.1 Å². The minimum Gasteiger partial charge on any atom is -0.368 e. The lowest BCUT2D eigenvalue weighted by Crippen LogP contribution is -2.43. The Kier molecular flexibility index (Phi) is 4.64. The molecule has 120 valence electrons. The van der Waals surface area contributed by atoms with E-state index in [1.165, 1.54) is 41.8 Å². The molecule has 0 amide bonds. The Bertz CT molecular complexity index is 651. The van der Waals surface area contributed by atoms with Crippen molar-refractivity contribution in [2.45, 2.75) is 46.6 Å². The van der Waals surface area contributed by atoms with E-state index in [9.17, 15) is 0 Å². The lowest BCUT2D eigenvalue weighted by atomic mass is 9.99. The van der Waals surface area contributed by atoms with Gasteiger partial charge < -0.3 is 5.32 Å². The van der Waals surface area contributed by atoms with Crippen molar-refractivity contribution in [1.82, 2.24) is 14.9 Å². The van der Waals surface area contributed by atoms with E-state index < -0.39 is 0 Å². The fraction of sp³-hybridized carbons (Fsp3) is 0.647. The average Bonchev–Trinajstić information content (AvgIpc) is 2.80. The van der Waals surface area contributed by atoms with Gasteiger partial charge in [0.25, 0.3) is 0 Å². The van der Waals surface area contributed by atoms with Crippen molar-refractivity contribution in [3.8, 4) is 0 Å². The largest absolute Gasteiger partial charge is 0.368 e. The lowest BCUT2D eigenvalue weighted by Gasteiger charge is -2.35. The summed E-state index contributed by atoms with van der Waals surface area (Å²) in [6.07, 6.45) is 4.37. The molecule has 1 aliphatic rings. The van der Waals surface area contributed by atoms with Gasteiger partial charge in [0, 0.05) is 24.0 Å². The van der Waals surface area contributed by atoms with Crippen LogP contribution in [0.4, 0.5) is 5.82 Å². The Balaban J connectivity index is 1.71. The van der Waals surface area contributed by atoms with Crippen molar-refractivity contribution < 1.29 is 0 Å². The van der Waals surface area contributed by atoms with Gasteiger partial charge >= 0.3 is 0 Å². The van der Waals surface area contributed by atoms with Crippen LogP contribution in [0.25, 0.3) is 10.2 Å². The first-order chi connectivity index (χ1) is 10.6. The van der Waals surface area contributed by atoms with Crippen LogP contribution in [0, 0.1) is 19.8 Å². The summed E-state index contributed by atoms with van der Waals surface area (Å²) in [4.78, 5) is 13.9. The Morgan fingerprint density at radius 1 is 1.41 bits per heavy atom. The van der Waals surface area contributed by atoms with Crippen LogP contribution in [0.2, 0.25) is 0 Å². The molecule has 22 heavy (non-hydrogen) atoms. The number of fused-ring (bicyclic) bond motifs is 1. The third-order valence-electron chi connectivity index (χ3n) is 4.84. The van der Waals surface area contributed by atoms with E-state index in [-0.39, 0.29) is 0 Å². The zero-order valence-electron chi connectivity index (χ0n) is 14.0. The molecule has 1 fully saturated rings. The molecule has 5 heteroatoms. The number of piperidine rings is 1. The van der Waals surface area contributed by atoms with Gasteiger partial charge in [-0.15, -0.1) is 11.3 Å². The zero-order valence-corrected chi connectivity index (χ0v) is 14.8. The van der Waals surface area contributed by atoms with E-state index in [2.05, 4.69) is 47.9 Å². The number of nitrogens with one attached hydrogen (secondary N) is 1. The number of nitrogens with zero attached hydrogens (tertiary/aromatic N) is 3. The van der Waals surface area contributed by atoms with Crippen molar-refractivity contribution >= 4 is 27.4 Å². The van der Waals surface area contributed by atoms with Gasteiger partial charge in [0.1, 0.15) is 17.0 Å². The van der Waals surface area contributed by atoms with Gasteiger partial charge in [-0.2, -0.15) is 0 Å². The normalized spacial score (nSPS) is 21.2. The third-order valence-corrected chi connectivity index (χ3v) is 5.96. The number of hydrogen-bond donors (Lipinski definition) is 1. The first kappa shape index (κ1) is 15.7. The summed E-state index contributed by atoms with van der Waals surface area (Å²) in [5, 5.41) is 4.77. The summed E-state index contributed by atoms with van der Waals surface area (Å²) in [5.41, 5.74) is 1.31. The van der Waals surface area contributed by atoms with E-state index in [0.717, 1.165) is 23.1 Å². The summed E-state index contributed by atoms with van der Waals surface area (Å²) in [5.74, 6) is 1.81. The fourth-order valence-corrected chi connectivity index (χ4v) is 4.31. The highest BCUT2D eigenvalue weighted by atomic mass is 32.1. The van der Waals surface area contributed by atoms with Crippen molar-refractivity contribution in [3.05, 3.63) is 16.8 Å². The molecule has 3 rings (SSSR count). The molecule has 1 saturated heterocycles. The second-order valence-electron chi connectivity index (χ2n) is 6.66. The SMILES string of the molecule is Cc1sc2ncnc(NC[C@H](C)N3CCC[C@H](C)C3)c2c1C. The van der Waals surface area contributed by atoms with Crippen LogP contribution in [0.3, 0.4) is 0 Å². The molecule has 0 aromatic carbocycles. The standard InChI is InChI=1S/C17H26N4S/c1-11-6-5-7-21(9-11)12(2)8-18-16-15-13(3)14(4)22-17(15)20-10-19-16/h10-12H,5-9H2,1-4H3,(H,18,19,20)/t11-,12-/m0/s1. The van der Waals surface area contributed by atoms with Crippen molar-refractivity contribution in [2.24, 2.45) is 5.92 Å². The van der Waals surface area contributed by atoms with E-state index in [0.29, 0.717) is 6.04 Å². The maximum atomic E-state index is 4.48. The maximum Gasteiger partial charge on any atom is 0.138 e. The van der Waals surface area contributed by atoms with Gasteiger partial charge in [-0.3, -0.25) is 4.90 Å². The molecular formula is C17H26N4S. The second kappa shape index (κ2) is 6.50. The van der Waals surface area contributed by atoms with E-state index >= 15 is 0 Å². The van der Waals surface area contributed by atoms with Crippen LogP contribution >= 0.6 is 11.3 Å². The van der Waals surface area contributed by atoms with E-state index in [1.807, 2.05) is 0 Å². The Hall–Kier alpha value is -1.20. The van der Waals surface area contributed by atoms with Crippen LogP contribution in [-0.4, -0.2) is 40.5 Å². The number of hydrogen-bond acceptors (Lipinski definition) is 5. The number of thiophene rings is 1. The van der Waals surface area contributed by atoms with Crippen molar-refractivity contribution in [2.75, 3.05) is 25.0 Å². The summed E-state index contributed by atoms with van der Waals surface area (Å²) >= 11 is 1.75. The Morgan fingerprint density at radius 2 is 2.23 bits per heavy atom.